The lowest BCUT2D eigenvalue weighted by molar-refractivity contribution is 0.415. The number of fused-ring (bicyclic) bond motifs is 1. The Morgan fingerprint density at radius 2 is 2.31 bits per heavy atom. The van der Waals surface area contributed by atoms with E-state index < -0.39 is 5.76 Å². The zero-order valence-electron chi connectivity index (χ0n) is 6.98. The molecule has 0 N–H and O–H groups in total. The molecule has 4 nitrogen and oxygen atoms in total. The molecule has 0 radical (unpaired) electrons. The van der Waals surface area contributed by atoms with Crippen LogP contribution in [0.5, 0.6) is 5.75 Å². The Labute approximate surface area is 73.8 Å². The summed E-state index contributed by atoms with van der Waals surface area (Å²) >= 11 is 0. The SMILES string of the molecule is COc1ccc2oc(=O)ncc2c1. The largest absolute Gasteiger partial charge is 0.497 e. The molecule has 2 aromatic rings. The minimum Gasteiger partial charge on any atom is -0.497 e. The van der Waals surface area contributed by atoms with Crippen LogP contribution in [0.1, 0.15) is 0 Å². The highest BCUT2D eigenvalue weighted by Crippen LogP contribution is 2.17. The predicted molar refractivity (Wildman–Crippen MR) is 46.8 cm³/mol. The Morgan fingerprint density at radius 1 is 1.46 bits per heavy atom. The van der Waals surface area contributed by atoms with Crippen molar-refractivity contribution in [1.29, 1.82) is 0 Å². The maximum atomic E-state index is 10.7. The highest BCUT2D eigenvalue weighted by Gasteiger charge is 1.98. The van der Waals surface area contributed by atoms with Gasteiger partial charge in [0.05, 0.1) is 7.11 Å². The van der Waals surface area contributed by atoms with Crippen LogP contribution >= 0.6 is 0 Å². The van der Waals surface area contributed by atoms with E-state index in [1.165, 1.54) is 6.20 Å². The lowest BCUT2D eigenvalue weighted by Crippen LogP contribution is -2.01. The fourth-order valence-corrected chi connectivity index (χ4v) is 1.09. The normalized spacial score (nSPS) is 10.2. The van der Waals surface area contributed by atoms with Crippen molar-refractivity contribution in [3.63, 3.8) is 0 Å². The maximum absolute atomic E-state index is 10.7. The maximum Gasteiger partial charge on any atom is 0.439 e. The average Bonchev–Trinajstić information content (AvgIpc) is 2.17. The van der Waals surface area contributed by atoms with Crippen molar-refractivity contribution in [2.24, 2.45) is 0 Å². The van der Waals surface area contributed by atoms with Crippen LogP contribution in [0, 0.1) is 0 Å². The van der Waals surface area contributed by atoms with E-state index in [9.17, 15) is 4.79 Å². The summed E-state index contributed by atoms with van der Waals surface area (Å²) in [7, 11) is 1.58. The van der Waals surface area contributed by atoms with Gasteiger partial charge in [0.1, 0.15) is 11.3 Å². The zero-order chi connectivity index (χ0) is 9.26. The van der Waals surface area contributed by atoms with E-state index in [-0.39, 0.29) is 0 Å². The number of hydrogen-bond donors (Lipinski definition) is 0. The van der Waals surface area contributed by atoms with Crippen LogP contribution in [-0.2, 0) is 0 Å². The number of rotatable bonds is 1. The molecule has 0 aliphatic heterocycles. The first-order valence-corrected chi connectivity index (χ1v) is 3.73. The van der Waals surface area contributed by atoms with Crippen molar-refractivity contribution in [1.82, 2.24) is 4.98 Å². The lowest BCUT2D eigenvalue weighted by Gasteiger charge is -1.99. The summed E-state index contributed by atoms with van der Waals surface area (Å²) in [5.41, 5.74) is 0.515. The molecule has 0 aliphatic carbocycles. The van der Waals surface area contributed by atoms with Gasteiger partial charge in [-0.05, 0) is 18.2 Å². The van der Waals surface area contributed by atoms with Crippen LogP contribution < -0.4 is 10.5 Å². The minimum absolute atomic E-state index is 0.515. The van der Waals surface area contributed by atoms with Gasteiger partial charge in [-0.3, -0.25) is 0 Å². The summed E-state index contributed by atoms with van der Waals surface area (Å²) in [4.78, 5) is 14.2. The van der Waals surface area contributed by atoms with E-state index in [0.717, 1.165) is 5.39 Å². The number of nitrogens with zero attached hydrogens (tertiary/aromatic N) is 1. The molecule has 0 spiro atoms. The van der Waals surface area contributed by atoms with E-state index in [1.54, 1.807) is 25.3 Å². The highest BCUT2D eigenvalue weighted by atomic mass is 16.5. The first-order valence-electron chi connectivity index (χ1n) is 3.73. The molecule has 0 atom stereocenters. The summed E-state index contributed by atoms with van der Waals surface area (Å²) in [6, 6.07) is 5.16. The molecular weight excluding hydrogens is 170 g/mol. The molecule has 13 heavy (non-hydrogen) atoms. The lowest BCUT2D eigenvalue weighted by atomic mass is 10.2. The molecule has 4 heteroatoms. The first kappa shape index (κ1) is 7.79. The molecule has 0 bridgehead atoms. The van der Waals surface area contributed by atoms with Crippen molar-refractivity contribution < 1.29 is 9.15 Å². The zero-order valence-corrected chi connectivity index (χ0v) is 6.98. The van der Waals surface area contributed by atoms with E-state index >= 15 is 0 Å². The Hall–Kier alpha value is -1.84. The summed E-state index contributed by atoms with van der Waals surface area (Å²) < 4.78 is 9.84. The van der Waals surface area contributed by atoms with Crippen LogP contribution in [0.4, 0.5) is 0 Å². The average molecular weight is 177 g/mol. The van der Waals surface area contributed by atoms with Gasteiger partial charge in [0.15, 0.2) is 0 Å². The summed E-state index contributed by atoms with van der Waals surface area (Å²) in [5.74, 6) is 0.126. The van der Waals surface area contributed by atoms with Crippen LogP contribution in [0.15, 0.2) is 33.6 Å². The third kappa shape index (κ3) is 1.38. The molecular formula is C9H7NO3. The first-order chi connectivity index (χ1) is 6.29. The van der Waals surface area contributed by atoms with Gasteiger partial charge >= 0.3 is 5.76 Å². The molecule has 0 unspecified atom stereocenters. The van der Waals surface area contributed by atoms with Crippen molar-refractivity contribution in [2.75, 3.05) is 7.11 Å². The summed E-state index contributed by atoms with van der Waals surface area (Å²) in [6.45, 7) is 0. The van der Waals surface area contributed by atoms with E-state index in [2.05, 4.69) is 4.98 Å². The van der Waals surface area contributed by atoms with E-state index in [4.69, 9.17) is 9.15 Å². The Balaban J connectivity index is 2.73. The molecule has 0 aliphatic rings. The fourth-order valence-electron chi connectivity index (χ4n) is 1.09. The second kappa shape index (κ2) is 2.90. The van der Waals surface area contributed by atoms with Gasteiger partial charge in [-0.1, -0.05) is 0 Å². The third-order valence-corrected chi connectivity index (χ3v) is 1.72. The van der Waals surface area contributed by atoms with Gasteiger partial charge < -0.3 is 9.15 Å². The number of hydrogen-bond acceptors (Lipinski definition) is 4. The standard InChI is InChI=1S/C9H7NO3/c1-12-7-2-3-8-6(4-7)5-10-9(11)13-8/h2-5H,1H3. The third-order valence-electron chi connectivity index (χ3n) is 1.72. The quantitative estimate of drug-likeness (QED) is 0.656. The van der Waals surface area contributed by atoms with Gasteiger partial charge in [-0.15, -0.1) is 0 Å². The second-order valence-electron chi connectivity index (χ2n) is 2.53. The van der Waals surface area contributed by atoms with E-state index in [0.29, 0.717) is 11.3 Å². The molecule has 66 valence electrons. The summed E-state index contributed by atoms with van der Waals surface area (Å²) in [5, 5.41) is 0.749. The molecule has 1 heterocycles. The van der Waals surface area contributed by atoms with Gasteiger partial charge in [0, 0.05) is 11.6 Å². The summed E-state index contributed by atoms with van der Waals surface area (Å²) in [6.07, 6.45) is 1.46. The van der Waals surface area contributed by atoms with Crippen LogP contribution in [0.2, 0.25) is 0 Å². The van der Waals surface area contributed by atoms with Crippen molar-refractivity contribution in [3.8, 4) is 5.75 Å². The Morgan fingerprint density at radius 3 is 3.08 bits per heavy atom. The van der Waals surface area contributed by atoms with Crippen molar-refractivity contribution in [2.45, 2.75) is 0 Å². The van der Waals surface area contributed by atoms with Gasteiger partial charge in [0.25, 0.3) is 0 Å². The molecule has 0 fully saturated rings. The van der Waals surface area contributed by atoms with Crippen molar-refractivity contribution >= 4 is 11.0 Å². The molecule has 0 saturated carbocycles. The smallest absolute Gasteiger partial charge is 0.439 e. The second-order valence-corrected chi connectivity index (χ2v) is 2.53. The topological polar surface area (TPSA) is 52.3 Å². The van der Waals surface area contributed by atoms with Gasteiger partial charge in [0.2, 0.25) is 0 Å². The van der Waals surface area contributed by atoms with Gasteiger partial charge in [-0.25, -0.2) is 4.79 Å². The van der Waals surface area contributed by atoms with Crippen LogP contribution in [0.3, 0.4) is 0 Å². The van der Waals surface area contributed by atoms with E-state index in [1.807, 2.05) is 0 Å². The fraction of sp³-hybridized carbons (Fsp3) is 0.111. The molecule has 2 rings (SSSR count). The number of benzene rings is 1. The van der Waals surface area contributed by atoms with Crippen LogP contribution in [-0.4, -0.2) is 12.1 Å². The molecule has 1 aromatic carbocycles. The predicted octanol–water partition coefficient (Wildman–Crippen LogP) is 1.20. The number of aromatic nitrogens is 1. The molecule has 1 aromatic heterocycles. The minimum atomic E-state index is -0.585. The van der Waals surface area contributed by atoms with Crippen molar-refractivity contribution in [3.05, 3.63) is 34.9 Å². The van der Waals surface area contributed by atoms with Gasteiger partial charge in [-0.2, -0.15) is 4.98 Å². The molecule has 0 amide bonds. The monoisotopic (exact) mass is 177 g/mol. The number of ether oxygens (including phenoxy) is 1. The Kier molecular flexibility index (Phi) is 1.73. The molecule has 0 saturated heterocycles. The Bertz CT molecular complexity index is 489. The number of methoxy groups -OCH3 is 1. The highest BCUT2D eigenvalue weighted by molar-refractivity contribution is 5.76. The van der Waals surface area contributed by atoms with Crippen LogP contribution in [0.25, 0.3) is 11.0 Å².